The second kappa shape index (κ2) is 10.6. The first-order valence-electron chi connectivity index (χ1n) is 12.3. The molecule has 216 valence electrons. The third-order valence-corrected chi connectivity index (χ3v) is 11.8. The molecule has 2 aromatic carbocycles. The predicted octanol–water partition coefficient (Wildman–Crippen LogP) is 4.28. The molecule has 1 aliphatic heterocycles. The lowest BCUT2D eigenvalue weighted by Crippen LogP contribution is -2.54. The number of halogens is 5. The lowest BCUT2D eigenvalue weighted by atomic mass is 9.66. The summed E-state index contributed by atoms with van der Waals surface area (Å²) in [4.78, 5) is -0.513. The minimum absolute atomic E-state index is 0.00234. The smallest absolute Gasteiger partial charge is 0.416 e. The summed E-state index contributed by atoms with van der Waals surface area (Å²) in [5.41, 5.74) is -1.63. The Morgan fingerprint density at radius 2 is 1.69 bits per heavy atom. The fourth-order valence-corrected chi connectivity index (χ4v) is 9.53. The van der Waals surface area contributed by atoms with Gasteiger partial charge in [-0.15, -0.1) is 0 Å². The normalized spacial score (nSPS) is 24.4. The highest BCUT2D eigenvalue weighted by Gasteiger charge is 2.61. The quantitative estimate of drug-likeness (QED) is 0.438. The van der Waals surface area contributed by atoms with Crippen molar-refractivity contribution < 1.29 is 48.6 Å². The van der Waals surface area contributed by atoms with Gasteiger partial charge in [0.05, 0.1) is 27.9 Å². The molecule has 0 aromatic heterocycles. The molecule has 0 radical (unpaired) electrons. The van der Waals surface area contributed by atoms with Crippen LogP contribution < -0.4 is 9.88 Å². The maximum Gasteiger partial charge on any atom is 0.416 e. The summed E-state index contributed by atoms with van der Waals surface area (Å²) in [5.74, 6) is -4.41. The molecule has 1 aliphatic carbocycles. The fourth-order valence-electron chi connectivity index (χ4n) is 6.07. The van der Waals surface area contributed by atoms with Gasteiger partial charge < -0.3 is 9.84 Å². The average molecular weight is 598 g/mol. The third kappa shape index (κ3) is 5.27. The number of primary sulfonamides is 1. The number of aliphatic hydroxyl groups is 1. The molecule has 14 heteroatoms. The first-order valence-corrected chi connectivity index (χ1v) is 15.4. The van der Waals surface area contributed by atoms with Gasteiger partial charge in [0, 0.05) is 12.5 Å². The number of ether oxygens (including phenoxy) is 1. The summed E-state index contributed by atoms with van der Waals surface area (Å²) in [7, 11) is -8.81. The molecule has 1 unspecified atom stereocenters. The van der Waals surface area contributed by atoms with E-state index in [0.717, 1.165) is 24.3 Å². The number of hydrogen-bond acceptors (Lipinski definition) is 6. The minimum Gasteiger partial charge on any atom is -0.490 e. The van der Waals surface area contributed by atoms with Crippen molar-refractivity contribution in [2.45, 2.75) is 59.6 Å². The molecule has 4 rings (SSSR count). The van der Waals surface area contributed by atoms with Crippen molar-refractivity contribution in [3.8, 4) is 5.75 Å². The van der Waals surface area contributed by atoms with Crippen LogP contribution in [0.2, 0.25) is 0 Å². The Morgan fingerprint density at radius 3 is 2.28 bits per heavy atom. The number of aliphatic hydroxyl groups excluding tert-OH is 1. The van der Waals surface area contributed by atoms with Crippen LogP contribution in [0.3, 0.4) is 0 Å². The van der Waals surface area contributed by atoms with Crippen LogP contribution in [0.1, 0.15) is 49.7 Å². The van der Waals surface area contributed by atoms with Crippen molar-refractivity contribution in [3.63, 3.8) is 0 Å². The van der Waals surface area contributed by atoms with E-state index in [1.807, 2.05) is 0 Å². The van der Waals surface area contributed by atoms with Gasteiger partial charge in [0.1, 0.15) is 10.6 Å². The van der Waals surface area contributed by atoms with E-state index in [1.54, 1.807) is 0 Å². The maximum atomic E-state index is 15.5. The van der Waals surface area contributed by atoms with Crippen molar-refractivity contribution in [1.82, 2.24) is 0 Å². The number of alkyl halides is 3. The van der Waals surface area contributed by atoms with Crippen LogP contribution in [0.25, 0.3) is 0 Å². The number of benzene rings is 2. The molecule has 2 aromatic rings. The number of hydrogen-bond donors (Lipinski definition) is 2. The molecule has 1 saturated carbocycles. The van der Waals surface area contributed by atoms with Crippen LogP contribution in [-0.2, 0) is 30.8 Å². The number of fused-ring (bicyclic) bond motifs is 3. The van der Waals surface area contributed by atoms with Crippen molar-refractivity contribution in [3.05, 3.63) is 59.2 Å². The summed E-state index contributed by atoms with van der Waals surface area (Å²) < 4.78 is 126. The maximum absolute atomic E-state index is 15.5. The van der Waals surface area contributed by atoms with E-state index in [1.165, 1.54) is 0 Å². The van der Waals surface area contributed by atoms with Crippen LogP contribution in [0.15, 0.2) is 41.3 Å². The average Bonchev–Trinajstić information content (AvgIpc) is 2.87. The molecule has 0 bridgehead atoms. The summed E-state index contributed by atoms with van der Waals surface area (Å²) in [6, 6.07) is 4.34. The summed E-state index contributed by atoms with van der Waals surface area (Å²) in [6.07, 6.45) is -4.42. The van der Waals surface area contributed by atoms with E-state index in [2.05, 4.69) is 0 Å². The predicted molar refractivity (Wildman–Crippen MR) is 131 cm³/mol. The lowest BCUT2D eigenvalue weighted by Gasteiger charge is -2.51. The topological polar surface area (TPSA) is 124 Å². The Morgan fingerprint density at radius 1 is 1.05 bits per heavy atom. The molecule has 2 aliphatic rings. The van der Waals surface area contributed by atoms with Gasteiger partial charge in [0.15, 0.2) is 21.4 Å². The monoisotopic (exact) mass is 597 g/mol. The van der Waals surface area contributed by atoms with E-state index in [9.17, 15) is 39.5 Å². The lowest BCUT2D eigenvalue weighted by molar-refractivity contribution is -0.137. The molecule has 0 amide bonds. The summed E-state index contributed by atoms with van der Waals surface area (Å²) >= 11 is 0. The van der Waals surface area contributed by atoms with Gasteiger partial charge >= 0.3 is 6.18 Å². The van der Waals surface area contributed by atoms with Gasteiger partial charge in [0.25, 0.3) is 0 Å². The van der Waals surface area contributed by atoms with Gasteiger partial charge in [0.2, 0.25) is 10.0 Å². The Balaban J connectivity index is 1.90. The standard InChI is InChI=1S/C25H28F5NO6S2/c26-20-9-10-21(27)23-22(20)24(38(33,34)17-7-5-16(6-8-17)25(28,29)30)11-1-3-15(19(24)14-37-23)13-18(4-2-12-32)39(31,35)36/h5-10,15,18-19,32H,1-4,11-14H2,(H2,31,35,36)/t15-,18?,19-,24-/m0/s1. The number of rotatable bonds is 8. The van der Waals surface area contributed by atoms with E-state index in [0.29, 0.717) is 18.6 Å². The van der Waals surface area contributed by atoms with Crippen molar-refractivity contribution in [2.24, 2.45) is 17.0 Å². The van der Waals surface area contributed by atoms with Crippen LogP contribution in [0.5, 0.6) is 5.75 Å². The zero-order chi connectivity index (χ0) is 28.8. The van der Waals surface area contributed by atoms with E-state index in [4.69, 9.17) is 9.88 Å². The van der Waals surface area contributed by atoms with E-state index in [-0.39, 0.29) is 38.7 Å². The van der Waals surface area contributed by atoms with Gasteiger partial charge in [-0.25, -0.2) is 30.8 Å². The molecule has 1 fully saturated rings. The zero-order valence-electron chi connectivity index (χ0n) is 20.6. The Labute approximate surface area is 223 Å². The first-order chi connectivity index (χ1) is 18.1. The Kier molecular flexibility index (Phi) is 8.07. The zero-order valence-corrected chi connectivity index (χ0v) is 22.3. The Hall–Kier alpha value is -2.29. The molecular formula is C25H28F5NO6S2. The van der Waals surface area contributed by atoms with Crippen LogP contribution >= 0.6 is 0 Å². The number of sulfone groups is 1. The molecule has 1 heterocycles. The van der Waals surface area contributed by atoms with Gasteiger partial charge in [-0.2, -0.15) is 13.2 Å². The SMILES string of the molecule is NS(=O)(=O)C(CCCO)C[C@@H]1CCC[C@@]2(S(=O)(=O)c3ccc(C(F)(F)F)cc3)c3c(F)ccc(F)c3OC[C@@H]12. The highest BCUT2D eigenvalue weighted by Crippen LogP contribution is 2.59. The molecule has 3 N–H and O–H groups in total. The van der Waals surface area contributed by atoms with Gasteiger partial charge in [-0.3, -0.25) is 0 Å². The molecule has 0 saturated heterocycles. The number of nitrogens with two attached hydrogens (primary N) is 1. The number of sulfonamides is 1. The fraction of sp³-hybridized carbons (Fsp3) is 0.520. The van der Waals surface area contributed by atoms with Crippen LogP contribution in [-0.4, -0.2) is 40.4 Å². The van der Waals surface area contributed by atoms with Crippen LogP contribution in [0.4, 0.5) is 22.0 Å². The largest absolute Gasteiger partial charge is 0.490 e. The van der Waals surface area contributed by atoms with Gasteiger partial charge in [-0.05, 0) is 74.4 Å². The molecular weight excluding hydrogens is 569 g/mol. The minimum atomic E-state index is -4.73. The van der Waals surface area contributed by atoms with Gasteiger partial charge in [-0.1, -0.05) is 6.42 Å². The van der Waals surface area contributed by atoms with Crippen molar-refractivity contribution in [1.29, 1.82) is 0 Å². The van der Waals surface area contributed by atoms with Crippen LogP contribution in [0, 0.1) is 23.5 Å². The second-order valence-electron chi connectivity index (χ2n) is 10.0. The molecule has 7 nitrogen and oxygen atoms in total. The van der Waals surface area contributed by atoms with Crippen molar-refractivity contribution >= 4 is 19.9 Å². The first kappa shape index (κ1) is 29.7. The molecule has 39 heavy (non-hydrogen) atoms. The highest BCUT2D eigenvalue weighted by molar-refractivity contribution is 7.92. The molecule has 4 atom stereocenters. The van der Waals surface area contributed by atoms with E-state index >= 15 is 4.39 Å². The Bertz CT molecular complexity index is 1430. The highest BCUT2D eigenvalue weighted by atomic mass is 32.2. The molecule has 0 spiro atoms. The summed E-state index contributed by atoms with van der Waals surface area (Å²) in [5, 5.41) is 13.5. The summed E-state index contributed by atoms with van der Waals surface area (Å²) in [6.45, 7) is -0.692. The van der Waals surface area contributed by atoms with Crippen molar-refractivity contribution in [2.75, 3.05) is 13.2 Å². The van der Waals surface area contributed by atoms with E-state index < -0.39 is 87.9 Å². The second-order valence-corrected chi connectivity index (χ2v) is 14.1. The third-order valence-electron chi connectivity index (χ3n) is 7.87.